The zero-order valence-corrected chi connectivity index (χ0v) is 9.67. The third-order valence-electron chi connectivity index (χ3n) is 2.89. The molecule has 0 aliphatic heterocycles. The lowest BCUT2D eigenvalue weighted by Crippen LogP contribution is -1.85. The molecule has 0 saturated carbocycles. The van der Waals surface area contributed by atoms with Crippen molar-refractivity contribution in [2.24, 2.45) is 0 Å². The topological polar surface area (TPSA) is 36.7 Å². The molecule has 0 saturated heterocycles. The van der Waals surface area contributed by atoms with Crippen LogP contribution in [-0.4, -0.2) is 4.98 Å². The molecule has 0 radical (unpaired) electrons. The average molecular weight is 230 g/mol. The van der Waals surface area contributed by atoms with Crippen LogP contribution < -0.4 is 0 Å². The van der Waals surface area contributed by atoms with Gasteiger partial charge in [0.05, 0.1) is 22.8 Å². The fourth-order valence-electron chi connectivity index (χ4n) is 1.96. The molecular formula is C16H10N2. The summed E-state index contributed by atoms with van der Waals surface area (Å²) in [5.41, 5.74) is 3.63. The summed E-state index contributed by atoms with van der Waals surface area (Å²) in [4.78, 5) is 4.61. The van der Waals surface area contributed by atoms with Crippen LogP contribution in [0, 0.1) is 11.3 Å². The van der Waals surface area contributed by atoms with Crippen LogP contribution in [0.2, 0.25) is 0 Å². The third-order valence-corrected chi connectivity index (χ3v) is 2.89. The molecule has 2 aromatic carbocycles. The predicted octanol–water partition coefficient (Wildman–Crippen LogP) is 3.77. The van der Waals surface area contributed by atoms with Gasteiger partial charge in [-0.15, -0.1) is 0 Å². The van der Waals surface area contributed by atoms with E-state index in [2.05, 4.69) is 11.1 Å². The monoisotopic (exact) mass is 230 g/mol. The Hall–Kier alpha value is -2.66. The van der Waals surface area contributed by atoms with Crippen molar-refractivity contribution in [3.63, 3.8) is 0 Å². The first kappa shape index (κ1) is 10.5. The molecule has 1 aromatic heterocycles. The number of benzene rings is 2. The van der Waals surface area contributed by atoms with Gasteiger partial charge in [-0.2, -0.15) is 5.26 Å². The van der Waals surface area contributed by atoms with Crippen molar-refractivity contribution >= 4 is 10.9 Å². The first-order valence-electron chi connectivity index (χ1n) is 5.73. The number of pyridine rings is 1. The number of rotatable bonds is 1. The highest BCUT2D eigenvalue weighted by atomic mass is 14.7. The van der Waals surface area contributed by atoms with Crippen LogP contribution in [0.3, 0.4) is 0 Å². The Morgan fingerprint density at radius 3 is 2.50 bits per heavy atom. The van der Waals surface area contributed by atoms with Crippen LogP contribution in [-0.2, 0) is 0 Å². The van der Waals surface area contributed by atoms with Gasteiger partial charge < -0.3 is 0 Å². The Labute approximate surface area is 105 Å². The minimum Gasteiger partial charge on any atom is -0.248 e. The van der Waals surface area contributed by atoms with E-state index in [0.717, 1.165) is 22.2 Å². The Balaban J connectivity index is 2.16. The third kappa shape index (κ3) is 1.83. The summed E-state index contributed by atoms with van der Waals surface area (Å²) in [6.07, 6.45) is 0. The highest BCUT2D eigenvalue weighted by molar-refractivity contribution is 5.82. The summed E-state index contributed by atoms with van der Waals surface area (Å²) in [6, 6.07) is 21.7. The summed E-state index contributed by atoms with van der Waals surface area (Å²) < 4.78 is 0. The summed E-state index contributed by atoms with van der Waals surface area (Å²) in [6.45, 7) is 0. The van der Waals surface area contributed by atoms with Gasteiger partial charge in [0.1, 0.15) is 0 Å². The van der Waals surface area contributed by atoms with E-state index in [-0.39, 0.29) is 0 Å². The zero-order chi connectivity index (χ0) is 12.4. The molecule has 0 spiro atoms. The van der Waals surface area contributed by atoms with Gasteiger partial charge in [0, 0.05) is 10.9 Å². The van der Waals surface area contributed by atoms with Gasteiger partial charge in [-0.1, -0.05) is 36.4 Å². The van der Waals surface area contributed by atoms with Gasteiger partial charge in [0.15, 0.2) is 0 Å². The Bertz CT molecular complexity index is 740. The summed E-state index contributed by atoms with van der Waals surface area (Å²) >= 11 is 0. The molecule has 84 valence electrons. The van der Waals surface area contributed by atoms with Crippen LogP contribution >= 0.6 is 0 Å². The van der Waals surface area contributed by atoms with Gasteiger partial charge in [0.2, 0.25) is 0 Å². The van der Waals surface area contributed by atoms with E-state index in [9.17, 15) is 0 Å². The van der Waals surface area contributed by atoms with Crippen LogP contribution in [0.4, 0.5) is 0 Å². The van der Waals surface area contributed by atoms with Crippen molar-refractivity contribution < 1.29 is 0 Å². The minimum absolute atomic E-state index is 0.664. The number of hydrogen-bond acceptors (Lipinski definition) is 2. The van der Waals surface area contributed by atoms with Crippen molar-refractivity contribution in [3.05, 3.63) is 66.2 Å². The lowest BCUT2D eigenvalue weighted by Gasteiger charge is -2.03. The quantitative estimate of drug-likeness (QED) is 0.638. The average Bonchev–Trinajstić information content (AvgIpc) is 2.47. The van der Waals surface area contributed by atoms with Gasteiger partial charge in [0.25, 0.3) is 0 Å². The molecule has 0 N–H and O–H groups in total. The maximum absolute atomic E-state index is 8.86. The highest BCUT2D eigenvalue weighted by Gasteiger charge is 2.01. The van der Waals surface area contributed by atoms with Crippen molar-refractivity contribution in [1.29, 1.82) is 5.26 Å². The molecule has 1 heterocycles. The Morgan fingerprint density at radius 1 is 0.889 bits per heavy atom. The van der Waals surface area contributed by atoms with Gasteiger partial charge >= 0.3 is 0 Å². The van der Waals surface area contributed by atoms with E-state index in [1.807, 2.05) is 54.6 Å². The zero-order valence-electron chi connectivity index (χ0n) is 9.67. The lowest BCUT2D eigenvalue weighted by molar-refractivity contribution is 1.39. The molecular weight excluding hydrogens is 220 g/mol. The summed E-state index contributed by atoms with van der Waals surface area (Å²) in [5, 5.41) is 9.85. The molecule has 3 aromatic rings. The smallest absolute Gasteiger partial charge is 0.0991 e. The van der Waals surface area contributed by atoms with E-state index < -0.39 is 0 Å². The van der Waals surface area contributed by atoms with Crippen molar-refractivity contribution in [2.75, 3.05) is 0 Å². The van der Waals surface area contributed by atoms with E-state index in [0.29, 0.717) is 5.56 Å². The van der Waals surface area contributed by atoms with E-state index >= 15 is 0 Å². The van der Waals surface area contributed by atoms with Crippen LogP contribution in [0.1, 0.15) is 5.56 Å². The number of nitriles is 1. The van der Waals surface area contributed by atoms with E-state index in [1.54, 1.807) is 6.07 Å². The lowest BCUT2D eigenvalue weighted by atomic mass is 10.1. The van der Waals surface area contributed by atoms with Gasteiger partial charge in [-0.3, -0.25) is 0 Å². The molecule has 0 aliphatic carbocycles. The van der Waals surface area contributed by atoms with Gasteiger partial charge in [-0.25, -0.2) is 4.98 Å². The maximum atomic E-state index is 8.86. The van der Waals surface area contributed by atoms with Crippen molar-refractivity contribution in [2.45, 2.75) is 0 Å². The predicted molar refractivity (Wildman–Crippen MR) is 71.9 cm³/mol. The van der Waals surface area contributed by atoms with E-state index in [4.69, 9.17) is 5.26 Å². The molecule has 3 rings (SSSR count). The van der Waals surface area contributed by atoms with Crippen LogP contribution in [0.5, 0.6) is 0 Å². The molecule has 2 nitrogen and oxygen atoms in total. The fraction of sp³-hybridized carbons (Fsp3) is 0. The van der Waals surface area contributed by atoms with Crippen molar-refractivity contribution in [3.8, 4) is 17.3 Å². The van der Waals surface area contributed by atoms with Crippen LogP contribution in [0.15, 0.2) is 60.7 Å². The van der Waals surface area contributed by atoms with Crippen LogP contribution in [0.25, 0.3) is 22.2 Å². The first-order valence-corrected chi connectivity index (χ1v) is 5.73. The molecule has 0 unspecified atom stereocenters. The number of aromatic nitrogens is 1. The highest BCUT2D eigenvalue weighted by Crippen LogP contribution is 2.21. The number of fused-ring (bicyclic) bond motifs is 1. The normalized spacial score (nSPS) is 10.2. The standard InChI is InChI=1S/C16H10N2/c17-11-12-6-8-16-14(10-12)7-9-15(18-16)13-4-2-1-3-5-13/h1-10H. The second-order valence-corrected chi connectivity index (χ2v) is 4.08. The largest absolute Gasteiger partial charge is 0.248 e. The minimum atomic E-state index is 0.664. The molecule has 0 aliphatic rings. The Morgan fingerprint density at radius 2 is 1.72 bits per heavy atom. The molecule has 0 amide bonds. The molecule has 0 bridgehead atoms. The summed E-state index contributed by atoms with van der Waals surface area (Å²) in [7, 11) is 0. The second-order valence-electron chi connectivity index (χ2n) is 4.08. The first-order chi connectivity index (χ1) is 8.86. The molecule has 0 atom stereocenters. The van der Waals surface area contributed by atoms with Crippen molar-refractivity contribution in [1.82, 2.24) is 4.98 Å². The second kappa shape index (κ2) is 4.31. The summed E-state index contributed by atoms with van der Waals surface area (Å²) in [5.74, 6) is 0. The SMILES string of the molecule is N#Cc1ccc2nc(-c3ccccc3)ccc2c1. The number of nitrogens with zero attached hydrogens (tertiary/aromatic N) is 2. The van der Waals surface area contributed by atoms with Gasteiger partial charge in [-0.05, 0) is 24.3 Å². The molecule has 0 fully saturated rings. The number of hydrogen-bond donors (Lipinski definition) is 0. The Kier molecular flexibility index (Phi) is 2.51. The fourth-order valence-corrected chi connectivity index (χ4v) is 1.96. The molecule has 18 heavy (non-hydrogen) atoms. The maximum Gasteiger partial charge on any atom is 0.0991 e. The molecule has 2 heteroatoms. The van der Waals surface area contributed by atoms with E-state index in [1.165, 1.54) is 0 Å².